The molecular weight excluding hydrogens is 321 g/mol. The molecule has 0 spiro atoms. The lowest BCUT2D eigenvalue weighted by Gasteiger charge is -2.40. The van der Waals surface area contributed by atoms with Gasteiger partial charge in [0.25, 0.3) is 5.91 Å². The van der Waals surface area contributed by atoms with Gasteiger partial charge in [-0.15, -0.1) is 0 Å². The van der Waals surface area contributed by atoms with Crippen molar-refractivity contribution in [1.29, 1.82) is 0 Å². The predicted octanol–water partition coefficient (Wildman–Crippen LogP) is 3.81. The lowest BCUT2D eigenvalue weighted by Crippen LogP contribution is -2.45. The standard InChI is InChI=1S/C20H20FNO3/c1-13-6-2-3-9-16(13)19(23)22-11-5-10-17(20(24)25)18(22)14-7-4-8-15(21)12-14/h2-4,6-9,12,17-18H,5,10-11H2,1H3,(H,24,25). The van der Waals surface area contributed by atoms with E-state index < -0.39 is 23.7 Å². The van der Waals surface area contributed by atoms with Crippen LogP contribution in [0.2, 0.25) is 0 Å². The fourth-order valence-corrected chi connectivity index (χ4v) is 3.55. The molecule has 1 aliphatic rings. The number of nitrogens with zero attached hydrogens (tertiary/aromatic N) is 1. The number of aryl methyl sites for hydroxylation is 1. The van der Waals surface area contributed by atoms with Gasteiger partial charge in [-0.1, -0.05) is 30.3 Å². The maximum atomic E-state index is 13.7. The Hall–Kier alpha value is -2.69. The molecule has 25 heavy (non-hydrogen) atoms. The van der Waals surface area contributed by atoms with E-state index in [-0.39, 0.29) is 5.91 Å². The number of amides is 1. The third kappa shape index (κ3) is 3.40. The lowest BCUT2D eigenvalue weighted by molar-refractivity contribution is -0.145. The first kappa shape index (κ1) is 17.1. The van der Waals surface area contributed by atoms with Crippen LogP contribution in [0.5, 0.6) is 0 Å². The van der Waals surface area contributed by atoms with Crippen LogP contribution in [-0.4, -0.2) is 28.4 Å². The summed E-state index contributed by atoms with van der Waals surface area (Å²) in [6.07, 6.45) is 1.08. The van der Waals surface area contributed by atoms with E-state index >= 15 is 0 Å². The van der Waals surface area contributed by atoms with Crippen molar-refractivity contribution in [3.05, 3.63) is 71.0 Å². The van der Waals surface area contributed by atoms with Crippen molar-refractivity contribution in [2.24, 2.45) is 5.92 Å². The molecule has 4 nitrogen and oxygen atoms in total. The van der Waals surface area contributed by atoms with Crippen LogP contribution in [-0.2, 0) is 4.79 Å². The first-order chi connectivity index (χ1) is 12.0. The number of rotatable bonds is 3. The molecule has 1 heterocycles. The minimum atomic E-state index is -0.962. The number of likely N-dealkylation sites (tertiary alicyclic amines) is 1. The van der Waals surface area contributed by atoms with Crippen molar-refractivity contribution < 1.29 is 19.1 Å². The highest BCUT2D eigenvalue weighted by Crippen LogP contribution is 2.37. The summed E-state index contributed by atoms with van der Waals surface area (Å²) in [5.74, 6) is -2.35. The Bertz CT molecular complexity index is 805. The summed E-state index contributed by atoms with van der Waals surface area (Å²) in [6.45, 7) is 2.31. The molecule has 0 saturated carbocycles. The summed E-state index contributed by atoms with van der Waals surface area (Å²) in [5.41, 5.74) is 1.91. The van der Waals surface area contributed by atoms with Gasteiger partial charge in [0, 0.05) is 12.1 Å². The number of carbonyl (C=O) groups is 2. The second kappa shape index (κ2) is 7.05. The topological polar surface area (TPSA) is 57.6 Å². The largest absolute Gasteiger partial charge is 0.481 e. The molecule has 1 saturated heterocycles. The molecule has 0 radical (unpaired) electrons. The lowest BCUT2D eigenvalue weighted by atomic mass is 9.84. The predicted molar refractivity (Wildman–Crippen MR) is 91.7 cm³/mol. The van der Waals surface area contributed by atoms with Crippen LogP contribution >= 0.6 is 0 Å². The number of hydrogen-bond donors (Lipinski definition) is 1. The average Bonchev–Trinajstić information content (AvgIpc) is 2.61. The van der Waals surface area contributed by atoms with Crippen LogP contribution in [0.3, 0.4) is 0 Å². The van der Waals surface area contributed by atoms with E-state index in [0.717, 1.165) is 5.56 Å². The zero-order chi connectivity index (χ0) is 18.0. The van der Waals surface area contributed by atoms with Crippen LogP contribution in [0, 0.1) is 18.7 Å². The molecule has 1 N–H and O–H groups in total. The van der Waals surface area contributed by atoms with Crippen molar-refractivity contribution in [3.8, 4) is 0 Å². The number of carboxylic acids is 1. The van der Waals surface area contributed by atoms with E-state index in [0.29, 0.717) is 30.5 Å². The molecule has 2 aromatic rings. The molecule has 5 heteroatoms. The molecule has 2 atom stereocenters. The third-order valence-corrected chi connectivity index (χ3v) is 4.77. The highest BCUT2D eigenvalue weighted by atomic mass is 19.1. The molecule has 0 aromatic heterocycles. The second-order valence-electron chi connectivity index (χ2n) is 6.40. The van der Waals surface area contributed by atoms with Gasteiger partial charge in [-0.3, -0.25) is 9.59 Å². The minimum Gasteiger partial charge on any atom is -0.481 e. The number of benzene rings is 2. The van der Waals surface area contributed by atoms with Crippen molar-refractivity contribution in [2.45, 2.75) is 25.8 Å². The number of piperidine rings is 1. The van der Waals surface area contributed by atoms with Gasteiger partial charge < -0.3 is 10.0 Å². The maximum absolute atomic E-state index is 13.7. The number of carboxylic acid groups (broad SMARTS) is 1. The monoisotopic (exact) mass is 341 g/mol. The fraction of sp³-hybridized carbons (Fsp3) is 0.300. The molecule has 0 bridgehead atoms. The zero-order valence-electron chi connectivity index (χ0n) is 14.0. The van der Waals surface area contributed by atoms with Crippen LogP contribution in [0.15, 0.2) is 48.5 Å². The normalized spacial score (nSPS) is 20.3. The Morgan fingerprint density at radius 2 is 1.92 bits per heavy atom. The molecule has 130 valence electrons. The Kier molecular flexibility index (Phi) is 4.83. The van der Waals surface area contributed by atoms with Gasteiger partial charge in [0.15, 0.2) is 0 Å². The highest BCUT2D eigenvalue weighted by Gasteiger charge is 2.40. The molecule has 1 aliphatic heterocycles. The van der Waals surface area contributed by atoms with Crippen LogP contribution in [0.25, 0.3) is 0 Å². The van der Waals surface area contributed by atoms with Gasteiger partial charge in [-0.05, 0) is 49.1 Å². The SMILES string of the molecule is Cc1ccccc1C(=O)N1CCCC(C(=O)O)C1c1cccc(F)c1. The number of hydrogen-bond acceptors (Lipinski definition) is 2. The highest BCUT2D eigenvalue weighted by molar-refractivity contribution is 5.96. The number of halogens is 1. The maximum Gasteiger partial charge on any atom is 0.308 e. The Balaban J connectivity index is 2.04. The molecule has 0 aliphatic carbocycles. The van der Waals surface area contributed by atoms with E-state index in [1.54, 1.807) is 29.2 Å². The van der Waals surface area contributed by atoms with E-state index in [9.17, 15) is 19.1 Å². The van der Waals surface area contributed by atoms with E-state index in [4.69, 9.17) is 0 Å². The molecule has 1 fully saturated rings. The summed E-state index contributed by atoms with van der Waals surface area (Å²) in [7, 11) is 0. The first-order valence-corrected chi connectivity index (χ1v) is 8.34. The quantitative estimate of drug-likeness (QED) is 0.923. The molecule has 2 unspecified atom stereocenters. The van der Waals surface area contributed by atoms with Gasteiger partial charge in [0.2, 0.25) is 0 Å². The van der Waals surface area contributed by atoms with Gasteiger partial charge >= 0.3 is 5.97 Å². The molecule has 1 amide bonds. The van der Waals surface area contributed by atoms with Gasteiger partial charge in [0.1, 0.15) is 5.82 Å². The van der Waals surface area contributed by atoms with Crippen molar-refractivity contribution in [3.63, 3.8) is 0 Å². The molecule has 3 rings (SSSR count). The fourth-order valence-electron chi connectivity index (χ4n) is 3.55. The second-order valence-corrected chi connectivity index (χ2v) is 6.40. The number of aliphatic carboxylic acids is 1. The zero-order valence-corrected chi connectivity index (χ0v) is 14.0. The summed E-state index contributed by atoms with van der Waals surface area (Å²) >= 11 is 0. The van der Waals surface area contributed by atoms with Crippen LogP contribution < -0.4 is 0 Å². The van der Waals surface area contributed by atoms with Crippen LogP contribution in [0.4, 0.5) is 4.39 Å². The Morgan fingerprint density at radius 3 is 2.60 bits per heavy atom. The smallest absolute Gasteiger partial charge is 0.308 e. The summed E-state index contributed by atoms with van der Waals surface area (Å²) in [4.78, 5) is 26.4. The summed E-state index contributed by atoms with van der Waals surface area (Å²) in [6, 6.07) is 12.4. The molecular formula is C20H20FNO3. The third-order valence-electron chi connectivity index (χ3n) is 4.77. The molecule has 2 aromatic carbocycles. The first-order valence-electron chi connectivity index (χ1n) is 8.34. The Labute approximate surface area is 145 Å². The summed E-state index contributed by atoms with van der Waals surface area (Å²) in [5, 5.41) is 9.63. The van der Waals surface area contributed by atoms with Crippen LogP contribution in [0.1, 0.15) is 40.4 Å². The van der Waals surface area contributed by atoms with Crippen molar-refractivity contribution in [1.82, 2.24) is 4.90 Å². The van der Waals surface area contributed by atoms with Crippen molar-refractivity contribution >= 4 is 11.9 Å². The average molecular weight is 341 g/mol. The number of carbonyl (C=O) groups excluding carboxylic acids is 1. The van der Waals surface area contributed by atoms with E-state index in [1.165, 1.54) is 12.1 Å². The van der Waals surface area contributed by atoms with E-state index in [2.05, 4.69) is 0 Å². The van der Waals surface area contributed by atoms with Gasteiger partial charge in [-0.25, -0.2) is 4.39 Å². The summed E-state index contributed by atoms with van der Waals surface area (Å²) < 4.78 is 13.7. The minimum absolute atomic E-state index is 0.210. The van der Waals surface area contributed by atoms with Gasteiger partial charge in [-0.2, -0.15) is 0 Å². The van der Waals surface area contributed by atoms with Gasteiger partial charge in [0.05, 0.1) is 12.0 Å². The Morgan fingerprint density at radius 1 is 1.16 bits per heavy atom. The van der Waals surface area contributed by atoms with Crippen molar-refractivity contribution in [2.75, 3.05) is 6.54 Å². The van der Waals surface area contributed by atoms with E-state index in [1.807, 2.05) is 19.1 Å².